The van der Waals surface area contributed by atoms with E-state index in [1.807, 2.05) is 0 Å². The van der Waals surface area contributed by atoms with Crippen LogP contribution in [0.4, 0.5) is 11.4 Å². The van der Waals surface area contributed by atoms with Crippen molar-refractivity contribution in [3.63, 3.8) is 0 Å². The highest BCUT2D eigenvalue weighted by Crippen LogP contribution is 2.22. The van der Waals surface area contributed by atoms with Gasteiger partial charge < -0.3 is 15.2 Å². The zero-order chi connectivity index (χ0) is 14.5. The van der Waals surface area contributed by atoms with Crippen molar-refractivity contribution in [1.29, 1.82) is 0 Å². The fourth-order valence-electron chi connectivity index (χ4n) is 1.63. The molecule has 1 heterocycles. The van der Waals surface area contributed by atoms with E-state index in [1.54, 1.807) is 13.1 Å². The molecule has 0 spiro atoms. The summed E-state index contributed by atoms with van der Waals surface area (Å²) in [4.78, 5) is 22.4. The lowest BCUT2D eigenvalue weighted by atomic mass is 10.1. The van der Waals surface area contributed by atoms with Crippen LogP contribution in [0.15, 0.2) is 35.1 Å². The number of nitrogens with zero attached hydrogens (tertiary/aromatic N) is 2. The smallest absolute Gasteiger partial charge is 0.282 e. The van der Waals surface area contributed by atoms with Crippen LogP contribution in [0.2, 0.25) is 0 Å². The minimum absolute atomic E-state index is 0.00894. The Morgan fingerprint density at radius 2 is 2.25 bits per heavy atom. The van der Waals surface area contributed by atoms with Crippen molar-refractivity contribution in [3.05, 3.63) is 51.9 Å². The molecule has 2 aromatic rings. The lowest BCUT2D eigenvalue weighted by Crippen LogP contribution is -2.24. The monoisotopic (exact) mass is 276 g/mol. The summed E-state index contributed by atoms with van der Waals surface area (Å²) in [6.45, 7) is 0.135. The number of aromatic nitrogens is 1. The van der Waals surface area contributed by atoms with Gasteiger partial charge in [-0.1, -0.05) is 5.16 Å². The van der Waals surface area contributed by atoms with Crippen LogP contribution in [0.3, 0.4) is 0 Å². The molecule has 0 fully saturated rings. The summed E-state index contributed by atoms with van der Waals surface area (Å²) in [5.74, 6) is -0.545. The van der Waals surface area contributed by atoms with Crippen LogP contribution < -0.4 is 10.6 Å². The minimum atomic E-state index is -0.593. The average molecular weight is 276 g/mol. The van der Waals surface area contributed by atoms with E-state index in [9.17, 15) is 14.9 Å². The fourth-order valence-corrected chi connectivity index (χ4v) is 1.63. The molecule has 0 bridgehead atoms. The molecule has 0 aliphatic carbocycles. The number of amides is 1. The Balaban J connectivity index is 2.20. The SMILES string of the molecule is CNc1ccc([N+](=O)[O-])c(C(=O)NCc2ccon2)c1. The molecule has 1 aromatic carbocycles. The highest BCUT2D eigenvalue weighted by Gasteiger charge is 2.20. The van der Waals surface area contributed by atoms with Crippen LogP contribution in [0, 0.1) is 10.1 Å². The largest absolute Gasteiger partial charge is 0.388 e. The third-order valence-electron chi connectivity index (χ3n) is 2.65. The van der Waals surface area contributed by atoms with Crippen LogP contribution in [0.1, 0.15) is 16.1 Å². The number of nitrogens with one attached hydrogen (secondary N) is 2. The molecule has 2 rings (SSSR count). The maximum Gasteiger partial charge on any atom is 0.282 e. The van der Waals surface area contributed by atoms with Gasteiger partial charge in [0, 0.05) is 24.9 Å². The Morgan fingerprint density at radius 1 is 1.45 bits per heavy atom. The molecular formula is C12H12N4O4. The summed E-state index contributed by atoms with van der Waals surface area (Å²) in [5.41, 5.74) is 0.889. The first-order valence-electron chi connectivity index (χ1n) is 5.75. The first-order chi connectivity index (χ1) is 9.61. The number of nitro benzene ring substituents is 1. The Bertz CT molecular complexity index is 624. The van der Waals surface area contributed by atoms with Crippen molar-refractivity contribution in [3.8, 4) is 0 Å². The molecule has 0 saturated heterocycles. The van der Waals surface area contributed by atoms with Gasteiger partial charge in [-0.05, 0) is 12.1 Å². The first-order valence-corrected chi connectivity index (χ1v) is 5.75. The van der Waals surface area contributed by atoms with Crippen molar-refractivity contribution in [2.75, 3.05) is 12.4 Å². The quantitative estimate of drug-likeness (QED) is 0.633. The van der Waals surface area contributed by atoms with Gasteiger partial charge in [0.05, 0.1) is 11.5 Å². The van der Waals surface area contributed by atoms with E-state index >= 15 is 0 Å². The number of carbonyl (C=O) groups excluding carboxylic acids is 1. The molecule has 0 atom stereocenters. The van der Waals surface area contributed by atoms with Crippen LogP contribution in [-0.2, 0) is 6.54 Å². The van der Waals surface area contributed by atoms with Crippen LogP contribution >= 0.6 is 0 Å². The highest BCUT2D eigenvalue weighted by molar-refractivity contribution is 5.99. The molecule has 1 amide bonds. The number of anilines is 1. The Hall–Kier alpha value is -2.90. The second-order valence-corrected chi connectivity index (χ2v) is 3.91. The van der Waals surface area contributed by atoms with Gasteiger partial charge in [-0.15, -0.1) is 0 Å². The van der Waals surface area contributed by atoms with Gasteiger partial charge >= 0.3 is 0 Å². The molecule has 2 N–H and O–H groups in total. The molecule has 0 aliphatic rings. The topological polar surface area (TPSA) is 110 Å². The Kier molecular flexibility index (Phi) is 3.94. The molecule has 0 radical (unpaired) electrons. The zero-order valence-corrected chi connectivity index (χ0v) is 10.6. The van der Waals surface area contributed by atoms with Gasteiger partial charge in [0.15, 0.2) is 0 Å². The van der Waals surface area contributed by atoms with E-state index in [-0.39, 0.29) is 17.8 Å². The third-order valence-corrected chi connectivity index (χ3v) is 2.65. The molecular weight excluding hydrogens is 264 g/mol. The van der Waals surface area contributed by atoms with Crippen LogP contribution in [0.5, 0.6) is 0 Å². The Morgan fingerprint density at radius 3 is 2.85 bits per heavy atom. The molecule has 1 aromatic heterocycles. The fraction of sp³-hybridized carbons (Fsp3) is 0.167. The highest BCUT2D eigenvalue weighted by atomic mass is 16.6. The van der Waals surface area contributed by atoms with Crippen molar-refractivity contribution in [1.82, 2.24) is 10.5 Å². The average Bonchev–Trinajstić information content (AvgIpc) is 2.97. The standard InChI is InChI=1S/C12H12N4O4/c1-13-8-2-3-11(16(18)19)10(6-8)12(17)14-7-9-4-5-20-15-9/h2-6,13H,7H2,1H3,(H,14,17). The van der Waals surface area contributed by atoms with Gasteiger partial charge in [-0.3, -0.25) is 14.9 Å². The van der Waals surface area contributed by atoms with Crippen molar-refractivity contribution < 1.29 is 14.2 Å². The number of nitro groups is 1. The van der Waals surface area contributed by atoms with Crippen molar-refractivity contribution >= 4 is 17.3 Å². The maximum absolute atomic E-state index is 12.0. The first kappa shape index (κ1) is 13.5. The normalized spacial score (nSPS) is 10.1. The predicted molar refractivity (Wildman–Crippen MR) is 70.3 cm³/mol. The van der Waals surface area contributed by atoms with Crippen molar-refractivity contribution in [2.24, 2.45) is 0 Å². The van der Waals surface area contributed by atoms with Gasteiger partial charge in [0.2, 0.25) is 0 Å². The van der Waals surface area contributed by atoms with E-state index in [1.165, 1.54) is 24.5 Å². The third kappa shape index (κ3) is 2.91. The van der Waals surface area contributed by atoms with E-state index in [0.29, 0.717) is 11.4 Å². The lowest BCUT2D eigenvalue weighted by molar-refractivity contribution is -0.385. The molecule has 0 aliphatic heterocycles. The molecule has 0 unspecified atom stereocenters. The second kappa shape index (κ2) is 5.83. The summed E-state index contributed by atoms with van der Waals surface area (Å²) in [7, 11) is 1.66. The van der Waals surface area contributed by atoms with Crippen LogP contribution in [0.25, 0.3) is 0 Å². The molecule has 0 saturated carbocycles. The number of hydrogen-bond donors (Lipinski definition) is 2. The number of rotatable bonds is 5. The summed E-state index contributed by atoms with van der Waals surface area (Å²) in [6.07, 6.45) is 1.38. The van der Waals surface area contributed by atoms with E-state index < -0.39 is 10.8 Å². The zero-order valence-electron chi connectivity index (χ0n) is 10.6. The van der Waals surface area contributed by atoms with Gasteiger partial charge in [0.1, 0.15) is 17.5 Å². The lowest BCUT2D eigenvalue weighted by Gasteiger charge is -2.06. The number of carbonyl (C=O) groups is 1. The van der Waals surface area contributed by atoms with E-state index in [0.717, 1.165) is 0 Å². The van der Waals surface area contributed by atoms with Gasteiger partial charge in [0.25, 0.3) is 11.6 Å². The molecule has 8 nitrogen and oxygen atoms in total. The van der Waals surface area contributed by atoms with E-state index in [2.05, 4.69) is 20.3 Å². The van der Waals surface area contributed by atoms with E-state index in [4.69, 9.17) is 0 Å². The molecule has 8 heteroatoms. The van der Waals surface area contributed by atoms with Gasteiger partial charge in [-0.2, -0.15) is 0 Å². The predicted octanol–water partition coefficient (Wildman–Crippen LogP) is 1.55. The Labute approximate surface area is 113 Å². The summed E-state index contributed by atoms with van der Waals surface area (Å²) in [6, 6.07) is 5.85. The van der Waals surface area contributed by atoms with Crippen molar-refractivity contribution in [2.45, 2.75) is 6.54 Å². The van der Waals surface area contributed by atoms with Gasteiger partial charge in [-0.25, -0.2) is 0 Å². The maximum atomic E-state index is 12.0. The van der Waals surface area contributed by atoms with Crippen LogP contribution in [-0.4, -0.2) is 23.0 Å². The molecule has 20 heavy (non-hydrogen) atoms. The minimum Gasteiger partial charge on any atom is -0.388 e. The number of benzene rings is 1. The summed E-state index contributed by atoms with van der Waals surface area (Å²) >= 11 is 0. The number of hydrogen-bond acceptors (Lipinski definition) is 6. The second-order valence-electron chi connectivity index (χ2n) is 3.91. The summed E-state index contributed by atoms with van der Waals surface area (Å²) in [5, 5.41) is 20.0. The molecule has 104 valence electrons. The summed E-state index contributed by atoms with van der Waals surface area (Å²) < 4.78 is 4.63.